The largest absolute Gasteiger partial charge is 0.342 e. The minimum atomic E-state index is -0.134. The van der Waals surface area contributed by atoms with Crippen LogP contribution in [-0.2, 0) is 4.79 Å². The van der Waals surface area contributed by atoms with Crippen LogP contribution >= 0.6 is 0 Å². The molecule has 1 saturated carbocycles. The maximum atomic E-state index is 11.5. The first-order chi connectivity index (χ1) is 8.70. The van der Waals surface area contributed by atoms with E-state index in [1.165, 1.54) is 38.6 Å². The summed E-state index contributed by atoms with van der Waals surface area (Å²) in [6.45, 7) is 6.20. The lowest BCUT2D eigenvalue weighted by atomic mass is 9.85. The zero-order valence-electron chi connectivity index (χ0n) is 11.5. The number of nitrogens with zero attached hydrogens (tertiary/aromatic N) is 1. The Morgan fingerprint density at radius 2 is 2.11 bits per heavy atom. The molecular formula is C15H24N2O. The van der Waals surface area contributed by atoms with E-state index in [9.17, 15) is 4.79 Å². The van der Waals surface area contributed by atoms with Crippen LogP contribution in [0.4, 0.5) is 0 Å². The van der Waals surface area contributed by atoms with E-state index in [1.807, 2.05) is 0 Å². The topological polar surface area (TPSA) is 32.3 Å². The lowest BCUT2D eigenvalue weighted by molar-refractivity contribution is -0.116. The van der Waals surface area contributed by atoms with Gasteiger partial charge in [-0.2, -0.15) is 0 Å². The number of nitrogens with one attached hydrogen (secondary N) is 1. The van der Waals surface area contributed by atoms with Gasteiger partial charge in [0.2, 0.25) is 0 Å². The Bertz CT molecular complexity index is 351. The van der Waals surface area contributed by atoms with Crippen molar-refractivity contribution in [2.45, 2.75) is 58.0 Å². The van der Waals surface area contributed by atoms with Gasteiger partial charge in [-0.15, -0.1) is 0 Å². The molecule has 0 spiro atoms. The molecule has 0 aromatic rings. The molecule has 2 aliphatic rings. The summed E-state index contributed by atoms with van der Waals surface area (Å²) in [5, 5.41) is 3.01. The molecule has 100 valence electrons. The number of hydrogen-bond acceptors (Lipinski definition) is 2. The van der Waals surface area contributed by atoms with Gasteiger partial charge in [0.1, 0.15) is 0 Å². The molecule has 1 saturated heterocycles. The van der Waals surface area contributed by atoms with E-state index in [-0.39, 0.29) is 11.9 Å². The third-order valence-electron chi connectivity index (χ3n) is 4.38. The molecule has 3 heteroatoms. The van der Waals surface area contributed by atoms with Crippen molar-refractivity contribution in [3.05, 3.63) is 0 Å². The van der Waals surface area contributed by atoms with Gasteiger partial charge in [0, 0.05) is 18.6 Å². The Hall–Kier alpha value is -1.01. The number of carbonyl (C=O) groups excluding carboxylic acids is 1. The maximum Gasteiger partial charge on any atom is 0.296 e. The van der Waals surface area contributed by atoms with Gasteiger partial charge < -0.3 is 10.2 Å². The van der Waals surface area contributed by atoms with Crippen LogP contribution in [0.5, 0.6) is 0 Å². The third kappa shape index (κ3) is 3.26. The second kappa shape index (κ2) is 6.24. The zero-order valence-corrected chi connectivity index (χ0v) is 11.5. The monoisotopic (exact) mass is 248 g/mol. The molecule has 1 amide bonds. The summed E-state index contributed by atoms with van der Waals surface area (Å²) in [5.41, 5.74) is 0. The van der Waals surface area contributed by atoms with Crippen molar-refractivity contribution in [3.8, 4) is 11.8 Å². The van der Waals surface area contributed by atoms with E-state index in [2.05, 4.69) is 29.0 Å². The first-order valence-electron chi connectivity index (χ1n) is 7.18. The molecule has 3 nitrogen and oxygen atoms in total. The van der Waals surface area contributed by atoms with Crippen molar-refractivity contribution in [2.75, 3.05) is 13.1 Å². The second-order valence-corrected chi connectivity index (χ2v) is 5.62. The molecule has 1 aliphatic carbocycles. The van der Waals surface area contributed by atoms with Crippen molar-refractivity contribution < 1.29 is 4.79 Å². The fourth-order valence-electron chi connectivity index (χ4n) is 3.01. The molecule has 2 fully saturated rings. The van der Waals surface area contributed by atoms with Crippen LogP contribution in [0.3, 0.4) is 0 Å². The Labute approximate surface area is 110 Å². The fourth-order valence-corrected chi connectivity index (χ4v) is 3.01. The first-order valence-corrected chi connectivity index (χ1v) is 7.18. The predicted octanol–water partition coefficient (Wildman–Crippen LogP) is 1.78. The van der Waals surface area contributed by atoms with Crippen LogP contribution in [-0.4, -0.2) is 36.0 Å². The molecule has 1 aliphatic heterocycles. The van der Waals surface area contributed by atoms with Crippen LogP contribution in [0.25, 0.3) is 0 Å². The van der Waals surface area contributed by atoms with Gasteiger partial charge in [-0.1, -0.05) is 12.3 Å². The lowest BCUT2D eigenvalue weighted by Crippen LogP contribution is -2.50. The minimum Gasteiger partial charge on any atom is -0.342 e. The Morgan fingerprint density at radius 1 is 1.33 bits per heavy atom. The Morgan fingerprint density at radius 3 is 2.72 bits per heavy atom. The summed E-state index contributed by atoms with van der Waals surface area (Å²) < 4.78 is 0. The average molecular weight is 248 g/mol. The number of amides is 1. The highest BCUT2D eigenvalue weighted by Gasteiger charge is 2.31. The maximum absolute atomic E-state index is 11.5. The predicted molar refractivity (Wildman–Crippen MR) is 73.0 cm³/mol. The normalized spacial score (nSPS) is 26.7. The molecule has 2 rings (SSSR count). The third-order valence-corrected chi connectivity index (χ3v) is 4.38. The molecular weight excluding hydrogens is 224 g/mol. The molecule has 0 aromatic heterocycles. The molecule has 2 unspecified atom stereocenters. The second-order valence-electron chi connectivity index (χ2n) is 5.62. The van der Waals surface area contributed by atoms with Crippen LogP contribution < -0.4 is 5.32 Å². The van der Waals surface area contributed by atoms with E-state index in [4.69, 9.17) is 0 Å². The van der Waals surface area contributed by atoms with Crippen molar-refractivity contribution in [3.63, 3.8) is 0 Å². The van der Waals surface area contributed by atoms with Crippen LogP contribution in [0.1, 0.15) is 46.0 Å². The summed E-state index contributed by atoms with van der Waals surface area (Å²) in [5.74, 6) is 5.66. The van der Waals surface area contributed by atoms with E-state index in [0.717, 1.165) is 12.6 Å². The van der Waals surface area contributed by atoms with Crippen LogP contribution in [0, 0.1) is 17.8 Å². The summed E-state index contributed by atoms with van der Waals surface area (Å²) in [6, 6.07) is 1.06. The molecule has 0 radical (unpaired) electrons. The van der Waals surface area contributed by atoms with Gasteiger partial charge in [-0.25, -0.2) is 0 Å². The SMILES string of the molecule is CC#CC(=O)NC(C)C1CCCN(C2CCC2)C1. The lowest BCUT2D eigenvalue weighted by Gasteiger charge is -2.43. The standard InChI is InChI=1S/C15H24N2O/c1-3-6-15(18)16-12(2)13-7-5-10-17(11-13)14-8-4-9-14/h12-14H,4-5,7-11H2,1-2H3,(H,16,18). The van der Waals surface area contributed by atoms with Crippen molar-refractivity contribution in [2.24, 2.45) is 5.92 Å². The van der Waals surface area contributed by atoms with Crippen molar-refractivity contribution in [1.82, 2.24) is 10.2 Å². The van der Waals surface area contributed by atoms with Crippen molar-refractivity contribution in [1.29, 1.82) is 0 Å². The number of likely N-dealkylation sites (tertiary alicyclic amines) is 1. The quantitative estimate of drug-likeness (QED) is 0.772. The smallest absolute Gasteiger partial charge is 0.296 e. The molecule has 0 aromatic carbocycles. The highest BCUT2D eigenvalue weighted by molar-refractivity contribution is 5.93. The van der Waals surface area contributed by atoms with E-state index in [1.54, 1.807) is 6.92 Å². The van der Waals surface area contributed by atoms with Gasteiger partial charge >= 0.3 is 0 Å². The first kappa shape index (κ1) is 13.4. The summed E-state index contributed by atoms with van der Waals surface area (Å²) >= 11 is 0. The van der Waals surface area contributed by atoms with Gasteiger partial charge in [-0.3, -0.25) is 4.79 Å². The number of carbonyl (C=O) groups is 1. The Kier molecular flexibility index (Phi) is 4.66. The Balaban J connectivity index is 1.83. The zero-order chi connectivity index (χ0) is 13.0. The van der Waals surface area contributed by atoms with Gasteiger partial charge in [0.15, 0.2) is 0 Å². The number of hydrogen-bond donors (Lipinski definition) is 1. The number of rotatable bonds is 3. The highest BCUT2D eigenvalue weighted by atomic mass is 16.1. The molecule has 1 N–H and O–H groups in total. The van der Waals surface area contributed by atoms with Crippen molar-refractivity contribution >= 4 is 5.91 Å². The fraction of sp³-hybridized carbons (Fsp3) is 0.800. The van der Waals surface area contributed by atoms with E-state index >= 15 is 0 Å². The number of piperidine rings is 1. The highest BCUT2D eigenvalue weighted by Crippen LogP contribution is 2.29. The van der Waals surface area contributed by atoms with E-state index < -0.39 is 0 Å². The van der Waals surface area contributed by atoms with Gasteiger partial charge in [0.25, 0.3) is 5.91 Å². The van der Waals surface area contributed by atoms with E-state index in [0.29, 0.717) is 5.92 Å². The van der Waals surface area contributed by atoms with Gasteiger partial charge in [0.05, 0.1) is 0 Å². The molecule has 18 heavy (non-hydrogen) atoms. The van der Waals surface area contributed by atoms with Crippen LogP contribution in [0.15, 0.2) is 0 Å². The minimum absolute atomic E-state index is 0.134. The van der Waals surface area contributed by atoms with Crippen LogP contribution in [0.2, 0.25) is 0 Å². The molecule has 2 atom stereocenters. The summed E-state index contributed by atoms with van der Waals surface area (Å²) in [7, 11) is 0. The average Bonchev–Trinajstić information content (AvgIpc) is 2.27. The van der Waals surface area contributed by atoms with Gasteiger partial charge in [-0.05, 0) is 57.9 Å². The molecule has 1 heterocycles. The molecule has 0 bridgehead atoms. The summed E-state index contributed by atoms with van der Waals surface area (Å²) in [4.78, 5) is 14.1. The summed E-state index contributed by atoms with van der Waals surface area (Å²) in [6.07, 6.45) is 6.62.